The molecule has 154 valence electrons. The number of hydrogen-bond acceptors (Lipinski definition) is 2. The van der Waals surface area contributed by atoms with Gasteiger partial charge in [0.05, 0.1) is 21.4 Å². The summed E-state index contributed by atoms with van der Waals surface area (Å²) in [6.07, 6.45) is 4.68. The van der Waals surface area contributed by atoms with E-state index in [-0.39, 0.29) is 5.92 Å². The Labute approximate surface area is 189 Å². The molecule has 2 N–H and O–H groups in total. The first-order valence-corrected chi connectivity index (χ1v) is 10.9. The molecule has 3 rings (SSSR count). The number of hydrogen-bond donors (Lipinski definition) is 2. The molecule has 0 saturated heterocycles. The second-order valence-electron chi connectivity index (χ2n) is 7.10. The molecular formula is C21H20Cl4N2O2. The van der Waals surface area contributed by atoms with E-state index in [0.29, 0.717) is 31.5 Å². The van der Waals surface area contributed by atoms with Crippen LogP contribution in [0.1, 0.15) is 32.1 Å². The van der Waals surface area contributed by atoms with Crippen molar-refractivity contribution in [1.29, 1.82) is 0 Å². The molecule has 1 fully saturated rings. The van der Waals surface area contributed by atoms with Crippen LogP contribution in [0.15, 0.2) is 36.4 Å². The van der Waals surface area contributed by atoms with Crippen LogP contribution in [0.5, 0.6) is 0 Å². The van der Waals surface area contributed by atoms with Crippen molar-refractivity contribution in [2.24, 2.45) is 11.8 Å². The summed E-state index contributed by atoms with van der Waals surface area (Å²) >= 11 is 24.4. The highest BCUT2D eigenvalue weighted by molar-refractivity contribution is 6.36. The highest BCUT2D eigenvalue weighted by atomic mass is 35.5. The van der Waals surface area contributed by atoms with Crippen molar-refractivity contribution >= 4 is 69.6 Å². The van der Waals surface area contributed by atoms with E-state index in [1.54, 1.807) is 36.4 Å². The van der Waals surface area contributed by atoms with Crippen molar-refractivity contribution in [2.75, 3.05) is 10.6 Å². The van der Waals surface area contributed by atoms with Crippen molar-refractivity contribution in [1.82, 2.24) is 0 Å². The van der Waals surface area contributed by atoms with Gasteiger partial charge in [0.15, 0.2) is 0 Å². The van der Waals surface area contributed by atoms with Gasteiger partial charge in [0, 0.05) is 10.0 Å². The molecule has 1 aliphatic carbocycles. The SMILES string of the molecule is O=C(Nc1cc(Cl)ccc1Cl)C(C(=O)Nc1cc(Cl)ccc1Cl)C1CCCCC1. The Balaban J connectivity index is 1.85. The van der Waals surface area contributed by atoms with Gasteiger partial charge in [0.25, 0.3) is 0 Å². The second-order valence-corrected chi connectivity index (χ2v) is 8.79. The van der Waals surface area contributed by atoms with Gasteiger partial charge in [-0.15, -0.1) is 0 Å². The first kappa shape index (κ1) is 22.2. The largest absolute Gasteiger partial charge is 0.324 e. The van der Waals surface area contributed by atoms with E-state index in [9.17, 15) is 9.59 Å². The maximum absolute atomic E-state index is 13.1. The summed E-state index contributed by atoms with van der Waals surface area (Å²) in [4.78, 5) is 26.3. The van der Waals surface area contributed by atoms with Gasteiger partial charge in [-0.1, -0.05) is 65.7 Å². The monoisotopic (exact) mass is 472 g/mol. The molecule has 29 heavy (non-hydrogen) atoms. The number of anilines is 2. The van der Waals surface area contributed by atoms with Crippen LogP contribution in [-0.4, -0.2) is 11.8 Å². The van der Waals surface area contributed by atoms with Gasteiger partial charge in [0.2, 0.25) is 11.8 Å². The van der Waals surface area contributed by atoms with Crippen LogP contribution < -0.4 is 10.6 Å². The van der Waals surface area contributed by atoms with E-state index in [2.05, 4.69) is 10.6 Å². The molecule has 0 unspecified atom stereocenters. The zero-order chi connectivity index (χ0) is 21.0. The van der Waals surface area contributed by atoms with Gasteiger partial charge in [0.1, 0.15) is 5.92 Å². The van der Waals surface area contributed by atoms with Gasteiger partial charge in [-0.05, 0) is 55.2 Å². The van der Waals surface area contributed by atoms with E-state index in [4.69, 9.17) is 46.4 Å². The van der Waals surface area contributed by atoms with Crippen molar-refractivity contribution in [3.05, 3.63) is 56.5 Å². The van der Waals surface area contributed by atoms with E-state index in [1.165, 1.54) is 0 Å². The van der Waals surface area contributed by atoms with Crippen molar-refractivity contribution in [3.8, 4) is 0 Å². The number of carbonyl (C=O) groups excluding carboxylic acids is 2. The van der Waals surface area contributed by atoms with Gasteiger partial charge in [-0.3, -0.25) is 9.59 Å². The molecule has 2 aromatic carbocycles. The molecule has 0 heterocycles. The van der Waals surface area contributed by atoms with Crippen LogP contribution in [0, 0.1) is 11.8 Å². The Bertz CT molecular complexity index is 848. The van der Waals surface area contributed by atoms with Gasteiger partial charge >= 0.3 is 0 Å². The van der Waals surface area contributed by atoms with Crippen LogP contribution in [0.2, 0.25) is 20.1 Å². The lowest BCUT2D eigenvalue weighted by Gasteiger charge is -2.29. The van der Waals surface area contributed by atoms with Crippen LogP contribution in [-0.2, 0) is 9.59 Å². The number of carbonyl (C=O) groups is 2. The predicted molar refractivity (Wildman–Crippen MR) is 120 cm³/mol. The average molecular weight is 474 g/mol. The molecule has 1 aliphatic rings. The number of halogens is 4. The van der Waals surface area contributed by atoms with E-state index < -0.39 is 17.7 Å². The fourth-order valence-electron chi connectivity index (χ4n) is 3.62. The number of nitrogens with one attached hydrogen (secondary N) is 2. The highest BCUT2D eigenvalue weighted by Crippen LogP contribution is 2.34. The standard InChI is InChI=1S/C21H20Cl4N2O2/c22-13-6-8-15(24)17(10-13)26-20(28)19(12-4-2-1-3-5-12)21(29)27-18-11-14(23)7-9-16(18)25/h6-12,19H,1-5H2,(H,26,28)(H,27,29). The maximum atomic E-state index is 13.1. The summed E-state index contributed by atoms with van der Waals surface area (Å²) < 4.78 is 0. The summed E-state index contributed by atoms with van der Waals surface area (Å²) in [7, 11) is 0. The predicted octanol–water partition coefficient (Wildman–Crippen LogP) is 7.07. The van der Waals surface area contributed by atoms with Crippen LogP contribution in [0.3, 0.4) is 0 Å². The summed E-state index contributed by atoms with van der Waals surface area (Å²) in [6.45, 7) is 0. The Morgan fingerprint density at radius 2 is 1.21 bits per heavy atom. The van der Waals surface area contributed by atoms with Crippen molar-refractivity contribution in [2.45, 2.75) is 32.1 Å². The van der Waals surface area contributed by atoms with Gasteiger partial charge < -0.3 is 10.6 Å². The fourth-order valence-corrected chi connectivity index (χ4v) is 4.30. The normalized spacial score (nSPS) is 14.7. The maximum Gasteiger partial charge on any atom is 0.237 e. The van der Waals surface area contributed by atoms with Gasteiger partial charge in [-0.25, -0.2) is 0 Å². The lowest BCUT2D eigenvalue weighted by atomic mass is 9.79. The zero-order valence-electron chi connectivity index (χ0n) is 15.5. The molecule has 4 nitrogen and oxygen atoms in total. The Hall–Kier alpha value is -1.46. The highest BCUT2D eigenvalue weighted by Gasteiger charge is 2.36. The summed E-state index contributed by atoms with van der Waals surface area (Å²) in [5.74, 6) is -1.80. The van der Waals surface area contributed by atoms with E-state index in [1.807, 2.05) is 0 Å². The fraction of sp³-hybridized carbons (Fsp3) is 0.333. The second kappa shape index (κ2) is 10.0. The van der Waals surface area contributed by atoms with E-state index >= 15 is 0 Å². The quantitative estimate of drug-likeness (QED) is 0.456. The average Bonchev–Trinajstić information content (AvgIpc) is 2.68. The lowest BCUT2D eigenvalue weighted by Crippen LogP contribution is -2.40. The van der Waals surface area contributed by atoms with Crippen LogP contribution in [0.25, 0.3) is 0 Å². The summed E-state index contributed by atoms with van der Waals surface area (Å²) in [5, 5.41) is 7.11. The Morgan fingerprint density at radius 1 is 0.759 bits per heavy atom. The van der Waals surface area contributed by atoms with Gasteiger partial charge in [-0.2, -0.15) is 0 Å². The summed E-state index contributed by atoms with van der Waals surface area (Å²) in [6, 6.07) is 9.58. The van der Waals surface area contributed by atoms with E-state index in [0.717, 1.165) is 32.1 Å². The molecule has 0 radical (unpaired) electrons. The third-order valence-electron chi connectivity index (χ3n) is 5.06. The van der Waals surface area contributed by atoms with Crippen LogP contribution in [0.4, 0.5) is 11.4 Å². The Kier molecular flexibility index (Phi) is 7.69. The molecule has 0 bridgehead atoms. The molecular weight excluding hydrogens is 454 g/mol. The third-order valence-corrected chi connectivity index (χ3v) is 6.19. The zero-order valence-corrected chi connectivity index (χ0v) is 18.5. The van der Waals surface area contributed by atoms with Crippen molar-refractivity contribution in [3.63, 3.8) is 0 Å². The number of amides is 2. The number of benzene rings is 2. The minimum atomic E-state index is -0.889. The topological polar surface area (TPSA) is 58.2 Å². The molecule has 2 amide bonds. The third kappa shape index (κ3) is 5.79. The number of rotatable bonds is 5. The molecule has 8 heteroatoms. The molecule has 1 saturated carbocycles. The molecule has 0 aromatic heterocycles. The molecule has 2 aromatic rings. The molecule has 0 spiro atoms. The first-order valence-electron chi connectivity index (χ1n) is 9.37. The molecule has 0 aliphatic heterocycles. The minimum Gasteiger partial charge on any atom is -0.324 e. The van der Waals surface area contributed by atoms with Crippen LogP contribution >= 0.6 is 46.4 Å². The minimum absolute atomic E-state index is 0.0698. The summed E-state index contributed by atoms with van der Waals surface area (Å²) in [5.41, 5.74) is 0.747. The smallest absolute Gasteiger partial charge is 0.237 e. The first-order chi connectivity index (χ1) is 13.8. The van der Waals surface area contributed by atoms with Crippen molar-refractivity contribution < 1.29 is 9.59 Å². The Morgan fingerprint density at radius 3 is 1.66 bits per heavy atom. The molecule has 0 atom stereocenters. The lowest BCUT2D eigenvalue weighted by molar-refractivity contribution is -0.132.